The number of ether oxygens (including phenoxy) is 1. The third kappa shape index (κ3) is 3.93. The van der Waals surface area contributed by atoms with Crippen LogP contribution in [0, 0.1) is 0 Å². The lowest BCUT2D eigenvalue weighted by molar-refractivity contribution is 0.0997. The van der Waals surface area contributed by atoms with Crippen molar-refractivity contribution in [3.05, 3.63) is 87.6 Å². The summed E-state index contributed by atoms with van der Waals surface area (Å²) in [5, 5.41) is 0. The van der Waals surface area contributed by atoms with E-state index in [9.17, 15) is 4.79 Å². The molecule has 0 N–H and O–H groups in total. The molecular formula is C22H17BrN2O2S. The van der Waals surface area contributed by atoms with Gasteiger partial charge in [-0.2, -0.15) is 4.99 Å². The highest BCUT2D eigenvalue weighted by molar-refractivity contribution is 9.10. The van der Waals surface area contributed by atoms with E-state index < -0.39 is 0 Å². The first kappa shape index (κ1) is 18.7. The fraction of sp³-hybridized carbons (Fsp3) is 0.0909. The van der Waals surface area contributed by atoms with Crippen LogP contribution in [0.1, 0.15) is 17.3 Å². The number of fused-ring (bicyclic) bond motifs is 1. The third-order valence-corrected chi connectivity index (χ3v) is 5.75. The van der Waals surface area contributed by atoms with Crippen LogP contribution in [-0.4, -0.2) is 10.5 Å². The number of rotatable bonds is 4. The maximum absolute atomic E-state index is 12.8. The zero-order valence-electron chi connectivity index (χ0n) is 15.1. The van der Waals surface area contributed by atoms with Crippen molar-refractivity contribution < 1.29 is 9.53 Å². The highest BCUT2D eigenvalue weighted by Gasteiger charge is 2.10. The summed E-state index contributed by atoms with van der Waals surface area (Å²) in [4.78, 5) is 17.9. The Bertz CT molecular complexity index is 1210. The Hall–Kier alpha value is -2.70. The maximum Gasteiger partial charge on any atom is 0.279 e. The van der Waals surface area contributed by atoms with Gasteiger partial charge in [-0.25, -0.2) is 0 Å². The van der Waals surface area contributed by atoms with E-state index in [2.05, 4.69) is 25.5 Å². The monoisotopic (exact) mass is 452 g/mol. The minimum Gasteiger partial charge on any atom is -0.457 e. The van der Waals surface area contributed by atoms with Gasteiger partial charge in [-0.05, 0) is 55.5 Å². The van der Waals surface area contributed by atoms with Gasteiger partial charge in [0.15, 0.2) is 4.80 Å². The Balaban J connectivity index is 1.68. The number of carbonyl (C=O) groups is 1. The molecule has 28 heavy (non-hydrogen) atoms. The third-order valence-electron chi connectivity index (χ3n) is 4.22. The standard InChI is InChI=1S/C22H17BrN2O2S/c1-2-25-19-12-11-16(23)14-20(19)28-22(25)24-21(26)15-7-6-10-18(13-15)27-17-8-4-3-5-9-17/h3-14H,2H2,1H3. The molecule has 4 nitrogen and oxygen atoms in total. The molecule has 1 amide bonds. The summed E-state index contributed by atoms with van der Waals surface area (Å²) in [7, 11) is 0. The second-order valence-corrected chi connectivity index (χ2v) is 8.03. The largest absolute Gasteiger partial charge is 0.457 e. The molecular weight excluding hydrogens is 436 g/mol. The summed E-state index contributed by atoms with van der Waals surface area (Å²) in [5.41, 5.74) is 1.57. The van der Waals surface area contributed by atoms with E-state index in [1.54, 1.807) is 18.2 Å². The zero-order chi connectivity index (χ0) is 19.5. The van der Waals surface area contributed by atoms with Crippen molar-refractivity contribution in [1.29, 1.82) is 0 Å². The summed E-state index contributed by atoms with van der Waals surface area (Å²) in [5.74, 6) is 1.05. The van der Waals surface area contributed by atoms with Crippen LogP contribution < -0.4 is 9.54 Å². The van der Waals surface area contributed by atoms with E-state index in [4.69, 9.17) is 4.74 Å². The number of aromatic nitrogens is 1. The zero-order valence-corrected chi connectivity index (χ0v) is 17.5. The van der Waals surface area contributed by atoms with Crippen molar-refractivity contribution in [3.63, 3.8) is 0 Å². The van der Waals surface area contributed by atoms with Crippen LogP contribution in [0.4, 0.5) is 0 Å². The first-order valence-electron chi connectivity index (χ1n) is 8.85. The number of amides is 1. The average Bonchev–Trinajstić information content (AvgIpc) is 3.04. The Labute approximate surface area is 174 Å². The molecule has 3 aromatic carbocycles. The minimum absolute atomic E-state index is 0.286. The molecule has 0 unspecified atom stereocenters. The lowest BCUT2D eigenvalue weighted by Gasteiger charge is -2.06. The van der Waals surface area contributed by atoms with Crippen molar-refractivity contribution in [2.75, 3.05) is 0 Å². The quantitative estimate of drug-likeness (QED) is 0.379. The van der Waals surface area contributed by atoms with Gasteiger partial charge in [0.2, 0.25) is 0 Å². The predicted octanol–water partition coefficient (Wildman–Crippen LogP) is 6.02. The highest BCUT2D eigenvalue weighted by Crippen LogP contribution is 2.23. The molecule has 0 radical (unpaired) electrons. The first-order chi connectivity index (χ1) is 13.6. The predicted molar refractivity (Wildman–Crippen MR) is 116 cm³/mol. The molecule has 4 aromatic rings. The van der Waals surface area contributed by atoms with Crippen LogP contribution in [0.15, 0.2) is 82.3 Å². The Morgan fingerprint density at radius 1 is 1.04 bits per heavy atom. The second-order valence-electron chi connectivity index (χ2n) is 6.10. The Kier molecular flexibility index (Phi) is 5.41. The van der Waals surface area contributed by atoms with Crippen LogP contribution in [0.2, 0.25) is 0 Å². The maximum atomic E-state index is 12.8. The number of nitrogens with zero attached hydrogens (tertiary/aromatic N) is 2. The molecule has 0 bridgehead atoms. The van der Waals surface area contributed by atoms with Gasteiger partial charge in [0.25, 0.3) is 5.91 Å². The number of halogens is 1. The topological polar surface area (TPSA) is 43.6 Å². The van der Waals surface area contributed by atoms with Crippen LogP contribution in [0.5, 0.6) is 11.5 Å². The molecule has 140 valence electrons. The smallest absolute Gasteiger partial charge is 0.279 e. The second kappa shape index (κ2) is 8.12. The minimum atomic E-state index is -0.286. The fourth-order valence-corrected chi connectivity index (χ4v) is 4.55. The lowest BCUT2D eigenvalue weighted by atomic mass is 10.2. The number of benzene rings is 3. The molecule has 0 spiro atoms. The number of thiazole rings is 1. The van der Waals surface area contributed by atoms with Crippen LogP contribution in [-0.2, 0) is 6.54 Å². The Morgan fingerprint density at radius 2 is 1.82 bits per heavy atom. The molecule has 0 aliphatic rings. The van der Waals surface area contributed by atoms with Crippen molar-refractivity contribution in [1.82, 2.24) is 4.57 Å². The molecule has 0 fully saturated rings. The van der Waals surface area contributed by atoms with Gasteiger partial charge in [0.05, 0.1) is 10.2 Å². The summed E-state index contributed by atoms with van der Waals surface area (Å²) in [6.07, 6.45) is 0. The summed E-state index contributed by atoms with van der Waals surface area (Å²) in [6, 6.07) is 22.7. The van der Waals surface area contributed by atoms with Gasteiger partial charge < -0.3 is 9.30 Å². The molecule has 1 aromatic heterocycles. The van der Waals surface area contributed by atoms with Gasteiger partial charge in [0.1, 0.15) is 11.5 Å². The normalized spacial score (nSPS) is 11.7. The first-order valence-corrected chi connectivity index (χ1v) is 10.5. The van der Waals surface area contributed by atoms with Crippen molar-refractivity contribution in [3.8, 4) is 11.5 Å². The highest BCUT2D eigenvalue weighted by atomic mass is 79.9. The molecule has 6 heteroatoms. The van der Waals surface area contributed by atoms with Crippen LogP contribution in [0.3, 0.4) is 0 Å². The van der Waals surface area contributed by atoms with Crippen LogP contribution >= 0.6 is 27.3 Å². The number of aryl methyl sites for hydroxylation is 1. The fourth-order valence-electron chi connectivity index (χ4n) is 2.91. The number of hydrogen-bond donors (Lipinski definition) is 0. The summed E-state index contributed by atoms with van der Waals surface area (Å²) in [6.45, 7) is 2.79. The molecule has 0 aliphatic carbocycles. The van der Waals surface area contributed by atoms with E-state index in [1.807, 2.05) is 61.5 Å². The molecule has 0 saturated carbocycles. The molecule has 0 atom stereocenters. The van der Waals surface area contributed by atoms with Gasteiger partial charge in [-0.1, -0.05) is 51.5 Å². The summed E-state index contributed by atoms with van der Waals surface area (Å²) >= 11 is 5.00. The number of hydrogen-bond acceptors (Lipinski definition) is 3. The van der Waals surface area contributed by atoms with Crippen LogP contribution in [0.25, 0.3) is 10.2 Å². The molecule has 0 aliphatic heterocycles. The average molecular weight is 453 g/mol. The lowest BCUT2D eigenvalue weighted by Crippen LogP contribution is -2.15. The number of carbonyl (C=O) groups excluding carboxylic acids is 1. The van der Waals surface area contributed by atoms with Gasteiger partial charge >= 0.3 is 0 Å². The number of para-hydroxylation sites is 1. The molecule has 1 heterocycles. The van der Waals surface area contributed by atoms with Gasteiger partial charge in [-0.15, -0.1) is 0 Å². The molecule has 0 saturated heterocycles. The SMILES string of the molecule is CCn1c(=NC(=O)c2cccc(Oc3ccccc3)c2)sc2cc(Br)ccc21. The van der Waals surface area contributed by atoms with Crippen molar-refractivity contribution in [2.45, 2.75) is 13.5 Å². The van der Waals surface area contributed by atoms with Crippen molar-refractivity contribution >= 4 is 43.4 Å². The van der Waals surface area contributed by atoms with E-state index in [0.717, 1.165) is 27.0 Å². The van der Waals surface area contributed by atoms with Crippen molar-refractivity contribution in [2.24, 2.45) is 4.99 Å². The summed E-state index contributed by atoms with van der Waals surface area (Å²) < 4.78 is 9.97. The Morgan fingerprint density at radius 3 is 2.61 bits per heavy atom. The van der Waals surface area contributed by atoms with E-state index in [-0.39, 0.29) is 5.91 Å². The molecule has 4 rings (SSSR count). The van der Waals surface area contributed by atoms with E-state index >= 15 is 0 Å². The van der Waals surface area contributed by atoms with E-state index in [1.165, 1.54) is 11.3 Å². The van der Waals surface area contributed by atoms with E-state index in [0.29, 0.717) is 16.1 Å². The van der Waals surface area contributed by atoms with Gasteiger partial charge in [0, 0.05) is 16.6 Å². The van der Waals surface area contributed by atoms with Gasteiger partial charge in [-0.3, -0.25) is 4.79 Å².